The molecule has 0 aliphatic heterocycles. The fraction of sp³-hybridized carbons (Fsp3) is 0.350. The largest absolute Gasteiger partial charge is 0.492 e. The monoisotopic (exact) mass is 374 g/mol. The molecule has 132 valence electrons. The van der Waals surface area contributed by atoms with E-state index in [1.165, 1.54) is 10.3 Å². The lowest BCUT2D eigenvalue weighted by Gasteiger charge is -2.17. The van der Waals surface area contributed by atoms with Crippen molar-refractivity contribution >= 4 is 33.2 Å². The molecule has 0 atom stereocenters. The molecule has 1 aromatic heterocycles. The van der Waals surface area contributed by atoms with E-state index in [1.807, 2.05) is 24.3 Å². The Kier molecular flexibility index (Phi) is 6.29. The molecule has 5 heteroatoms. The summed E-state index contributed by atoms with van der Waals surface area (Å²) >= 11 is 7.68. The van der Waals surface area contributed by atoms with Crippen LogP contribution in [-0.2, 0) is 6.42 Å². The zero-order valence-electron chi connectivity index (χ0n) is 14.7. The molecule has 3 rings (SSSR count). The maximum Gasteiger partial charge on any atom is 0.121 e. The van der Waals surface area contributed by atoms with Crippen molar-refractivity contribution in [2.45, 2.75) is 20.3 Å². The van der Waals surface area contributed by atoms with Crippen LogP contribution in [0.2, 0.25) is 5.02 Å². The predicted octanol–water partition coefficient (Wildman–Crippen LogP) is 5.26. The van der Waals surface area contributed by atoms with Gasteiger partial charge in [0.15, 0.2) is 0 Å². The summed E-state index contributed by atoms with van der Waals surface area (Å²) in [6.45, 7) is 8.11. The number of fused-ring (bicyclic) bond motifs is 1. The Hall–Kier alpha value is -1.62. The Balaban J connectivity index is 1.65. The lowest BCUT2D eigenvalue weighted by molar-refractivity contribution is 0.223. The van der Waals surface area contributed by atoms with Crippen molar-refractivity contribution in [3.8, 4) is 5.75 Å². The van der Waals surface area contributed by atoms with Gasteiger partial charge in [-0.3, -0.25) is 0 Å². The van der Waals surface area contributed by atoms with Crippen LogP contribution in [0.25, 0.3) is 10.2 Å². The minimum absolute atomic E-state index is 0.703. The Bertz CT molecular complexity index is 812. The van der Waals surface area contributed by atoms with Crippen LogP contribution in [-0.4, -0.2) is 36.1 Å². The van der Waals surface area contributed by atoms with Crippen LogP contribution in [0.3, 0.4) is 0 Å². The average Bonchev–Trinajstić information content (AvgIpc) is 3.02. The molecule has 1 heterocycles. The molecule has 2 aromatic carbocycles. The van der Waals surface area contributed by atoms with Gasteiger partial charge in [0.05, 0.1) is 15.2 Å². The molecule has 3 nitrogen and oxygen atoms in total. The SMILES string of the molecule is CCN(CC)CCOc1ccc2sc(Cc3ccc(Cl)cc3)nc2c1. The first-order valence-corrected chi connectivity index (χ1v) is 9.86. The summed E-state index contributed by atoms with van der Waals surface area (Å²) in [6, 6.07) is 14.1. The first kappa shape index (κ1) is 18.2. The van der Waals surface area contributed by atoms with Gasteiger partial charge in [0.1, 0.15) is 12.4 Å². The van der Waals surface area contributed by atoms with Crippen molar-refractivity contribution in [2.75, 3.05) is 26.2 Å². The molecular formula is C20H23ClN2OS. The molecule has 0 saturated heterocycles. The van der Waals surface area contributed by atoms with Gasteiger partial charge in [-0.2, -0.15) is 0 Å². The van der Waals surface area contributed by atoms with Gasteiger partial charge in [0.25, 0.3) is 0 Å². The second-order valence-corrected chi connectivity index (χ2v) is 7.47. The summed E-state index contributed by atoms with van der Waals surface area (Å²) in [5, 5.41) is 1.87. The first-order chi connectivity index (χ1) is 12.2. The molecule has 0 unspecified atom stereocenters. The fourth-order valence-corrected chi connectivity index (χ4v) is 3.84. The second kappa shape index (κ2) is 8.65. The Morgan fingerprint density at radius 3 is 2.56 bits per heavy atom. The number of aromatic nitrogens is 1. The van der Waals surface area contributed by atoms with Crippen molar-refractivity contribution in [1.82, 2.24) is 9.88 Å². The summed E-state index contributed by atoms with van der Waals surface area (Å²) in [7, 11) is 0. The minimum Gasteiger partial charge on any atom is -0.492 e. The number of thiazole rings is 1. The number of likely N-dealkylation sites (N-methyl/N-ethyl adjacent to an activating group) is 1. The lowest BCUT2D eigenvalue weighted by atomic mass is 10.2. The zero-order chi connectivity index (χ0) is 17.6. The van der Waals surface area contributed by atoms with Crippen molar-refractivity contribution in [3.05, 3.63) is 58.1 Å². The van der Waals surface area contributed by atoms with E-state index < -0.39 is 0 Å². The summed E-state index contributed by atoms with van der Waals surface area (Å²) in [5.74, 6) is 0.892. The van der Waals surface area contributed by atoms with Gasteiger partial charge in [-0.15, -0.1) is 11.3 Å². The van der Waals surface area contributed by atoms with Crippen LogP contribution >= 0.6 is 22.9 Å². The number of benzene rings is 2. The Morgan fingerprint density at radius 1 is 1.08 bits per heavy atom. The molecule has 0 bridgehead atoms. The smallest absolute Gasteiger partial charge is 0.121 e. The first-order valence-electron chi connectivity index (χ1n) is 8.67. The van der Waals surface area contributed by atoms with E-state index in [0.717, 1.165) is 47.4 Å². The molecule has 0 aliphatic carbocycles. The second-order valence-electron chi connectivity index (χ2n) is 5.92. The number of rotatable bonds is 8. The maximum atomic E-state index is 5.95. The highest BCUT2D eigenvalue weighted by Crippen LogP contribution is 2.27. The fourth-order valence-electron chi connectivity index (χ4n) is 2.73. The van der Waals surface area contributed by atoms with Crippen LogP contribution in [0.4, 0.5) is 0 Å². The van der Waals surface area contributed by atoms with E-state index in [-0.39, 0.29) is 0 Å². The van der Waals surface area contributed by atoms with Gasteiger partial charge in [-0.05, 0) is 42.9 Å². The average molecular weight is 375 g/mol. The third-order valence-corrected chi connectivity index (χ3v) is 5.53. The van der Waals surface area contributed by atoms with Crippen LogP contribution in [0, 0.1) is 0 Å². The van der Waals surface area contributed by atoms with Crippen molar-refractivity contribution < 1.29 is 4.74 Å². The quantitative estimate of drug-likeness (QED) is 0.537. The normalized spacial score (nSPS) is 11.4. The van der Waals surface area contributed by atoms with E-state index >= 15 is 0 Å². The van der Waals surface area contributed by atoms with Crippen molar-refractivity contribution in [2.24, 2.45) is 0 Å². The van der Waals surface area contributed by atoms with Crippen LogP contribution < -0.4 is 4.74 Å². The molecule has 0 spiro atoms. The lowest BCUT2D eigenvalue weighted by Crippen LogP contribution is -2.27. The molecule has 0 amide bonds. The van der Waals surface area contributed by atoms with Gasteiger partial charge in [0.2, 0.25) is 0 Å². The van der Waals surface area contributed by atoms with E-state index in [9.17, 15) is 0 Å². The van der Waals surface area contributed by atoms with Gasteiger partial charge in [-0.25, -0.2) is 4.98 Å². The molecular weight excluding hydrogens is 352 g/mol. The predicted molar refractivity (Wildman–Crippen MR) is 107 cm³/mol. The van der Waals surface area contributed by atoms with E-state index in [1.54, 1.807) is 11.3 Å². The highest BCUT2D eigenvalue weighted by Gasteiger charge is 2.07. The number of ether oxygens (including phenoxy) is 1. The molecule has 0 saturated carbocycles. The van der Waals surface area contributed by atoms with Crippen LogP contribution in [0.1, 0.15) is 24.4 Å². The summed E-state index contributed by atoms with van der Waals surface area (Å²) in [5.41, 5.74) is 2.23. The number of hydrogen-bond acceptors (Lipinski definition) is 4. The maximum absolute atomic E-state index is 5.95. The molecule has 0 N–H and O–H groups in total. The van der Waals surface area contributed by atoms with Gasteiger partial charge in [-0.1, -0.05) is 37.6 Å². The topological polar surface area (TPSA) is 25.4 Å². The number of hydrogen-bond donors (Lipinski definition) is 0. The minimum atomic E-state index is 0.703. The number of halogens is 1. The van der Waals surface area contributed by atoms with Crippen molar-refractivity contribution in [3.63, 3.8) is 0 Å². The van der Waals surface area contributed by atoms with E-state index in [4.69, 9.17) is 21.3 Å². The highest BCUT2D eigenvalue weighted by atomic mass is 35.5. The van der Waals surface area contributed by atoms with Crippen LogP contribution in [0.5, 0.6) is 5.75 Å². The summed E-state index contributed by atoms with van der Waals surface area (Å²) in [4.78, 5) is 7.11. The third kappa shape index (κ3) is 4.94. The molecule has 0 radical (unpaired) electrons. The van der Waals surface area contributed by atoms with Crippen LogP contribution in [0.15, 0.2) is 42.5 Å². The Labute approximate surface area is 158 Å². The number of nitrogens with zero attached hydrogens (tertiary/aromatic N) is 2. The van der Waals surface area contributed by atoms with Crippen molar-refractivity contribution in [1.29, 1.82) is 0 Å². The summed E-state index contributed by atoms with van der Waals surface area (Å²) < 4.78 is 7.09. The summed E-state index contributed by atoms with van der Waals surface area (Å²) in [6.07, 6.45) is 0.828. The zero-order valence-corrected chi connectivity index (χ0v) is 16.2. The standard InChI is InChI=1S/C20H23ClN2OS/c1-3-23(4-2)11-12-24-17-9-10-19-18(14-17)22-20(25-19)13-15-5-7-16(21)8-6-15/h5-10,14H,3-4,11-13H2,1-2H3. The van der Waals surface area contributed by atoms with Gasteiger partial charge >= 0.3 is 0 Å². The van der Waals surface area contributed by atoms with E-state index in [0.29, 0.717) is 6.61 Å². The van der Waals surface area contributed by atoms with E-state index in [2.05, 4.69) is 36.9 Å². The molecule has 0 aliphatic rings. The van der Waals surface area contributed by atoms with Gasteiger partial charge in [0, 0.05) is 24.1 Å². The molecule has 0 fully saturated rings. The Morgan fingerprint density at radius 2 is 1.84 bits per heavy atom. The highest BCUT2D eigenvalue weighted by molar-refractivity contribution is 7.18. The molecule has 25 heavy (non-hydrogen) atoms. The van der Waals surface area contributed by atoms with Gasteiger partial charge < -0.3 is 9.64 Å². The molecule has 3 aromatic rings. The third-order valence-electron chi connectivity index (χ3n) is 4.24.